The summed E-state index contributed by atoms with van der Waals surface area (Å²) in [6.07, 6.45) is 0. The molecule has 1 aliphatic heterocycles. The van der Waals surface area contributed by atoms with Crippen LogP contribution in [-0.4, -0.2) is 26.2 Å². The van der Waals surface area contributed by atoms with Crippen molar-refractivity contribution in [2.75, 3.05) is 31.1 Å². The van der Waals surface area contributed by atoms with E-state index in [1.54, 1.807) is 17.0 Å². The Labute approximate surface area is 154 Å². The van der Waals surface area contributed by atoms with Crippen molar-refractivity contribution >= 4 is 5.69 Å². The summed E-state index contributed by atoms with van der Waals surface area (Å²) in [5, 5.41) is 0. The predicted octanol–water partition coefficient (Wildman–Crippen LogP) is 3.40. The van der Waals surface area contributed by atoms with Crippen molar-refractivity contribution < 1.29 is 9.29 Å². The van der Waals surface area contributed by atoms with Crippen molar-refractivity contribution in [3.8, 4) is 11.1 Å². The minimum atomic E-state index is -0.169. The molecule has 1 heterocycles. The summed E-state index contributed by atoms with van der Waals surface area (Å²) < 4.78 is 13.1. The van der Waals surface area contributed by atoms with E-state index in [4.69, 9.17) is 0 Å². The SMILES string of the molecule is Fc1ccc(N2CC[NH+](Cc3ccc(-c4ccccc4)cc3)CC2)cc1. The molecule has 2 nitrogen and oxygen atoms in total. The van der Waals surface area contributed by atoms with E-state index in [0.29, 0.717) is 0 Å². The van der Waals surface area contributed by atoms with Gasteiger partial charge in [-0.2, -0.15) is 0 Å². The molecule has 1 fully saturated rings. The molecular formula is C23H24FN2+. The molecule has 0 amide bonds. The summed E-state index contributed by atoms with van der Waals surface area (Å²) in [6.45, 7) is 5.31. The predicted molar refractivity (Wildman–Crippen MR) is 105 cm³/mol. The third-order valence-corrected chi connectivity index (χ3v) is 5.18. The Kier molecular flexibility index (Phi) is 4.98. The highest BCUT2D eigenvalue weighted by molar-refractivity contribution is 5.63. The first-order chi connectivity index (χ1) is 12.8. The molecule has 26 heavy (non-hydrogen) atoms. The van der Waals surface area contributed by atoms with Gasteiger partial charge in [-0.15, -0.1) is 0 Å². The molecule has 3 heteroatoms. The molecule has 3 aromatic carbocycles. The minimum Gasteiger partial charge on any atom is -0.360 e. The number of halogens is 1. The summed E-state index contributed by atoms with van der Waals surface area (Å²) in [6, 6.07) is 26.3. The first-order valence-electron chi connectivity index (χ1n) is 9.26. The van der Waals surface area contributed by atoms with Crippen LogP contribution in [0.3, 0.4) is 0 Å². The monoisotopic (exact) mass is 347 g/mol. The molecule has 4 rings (SSSR count). The Balaban J connectivity index is 1.33. The average molecular weight is 347 g/mol. The third-order valence-electron chi connectivity index (χ3n) is 5.18. The summed E-state index contributed by atoms with van der Waals surface area (Å²) >= 11 is 0. The molecule has 0 spiro atoms. The van der Waals surface area contributed by atoms with Crippen LogP contribution in [-0.2, 0) is 6.54 Å². The Hall–Kier alpha value is -2.65. The van der Waals surface area contributed by atoms with Gasteiger partial charge in [0, 0.05) is 11.3 Å². The lowest BCUT2D eigenvalue weighted by Gasteiger charge is -2.33. The Morgan fingerprint density at radius 3 is 2.00 bits per heavy atom. The molecule has 1 N–H and O–H groups in total. The number of anilines is 1. The van der Waals surface area contributed by atoms with E-state index in [0.717, 1.165) is 38.4 Å². The van der Waals surface area contributed by atoms with Gasteiger partial charge in [-0.25, -0.2) is 4.39 Å². The highest BCUT2D eigenvalue weighted by Gasteiger charge is 2.20. The van der Waals surface area contributed by atoms with Gasteiger partial charge in [-0.3, -0.25) is 0 Å². The lowest BCUT2D eigenvalue weighted by atomic mass is 10.0. The topological polar surface area (TPSA) is 7.68 Å². The van der Waals surface area contributed by atoms with E-state index in [9.17, 15) is 4.39 Å². The first-order valence-corrected chi connectivity index (χ1v) is 9.26. The van der Waals surface area contributed by atoms with Gasteiger partial charge in [0.15, 0.2) is 0 Å². The summed E-state index contributed by atoms with van der Waals surface area (Å²) in [5.74, 6) is -0.169. The fourth-order valence-corrected chi connectivity index (χ4v) is 3.64. The first kappa shape index (κ1) is 16.8. The van der Waals surface area contributed by atoms with Crippen LogP contribution < -0.4 is 9.80 Å². The molecule has 0 aromatic heterocycles. The second kappa shape index (κ2) is 7.71. The fraction of sp³-hybridized carbons (Fsp3) is 0.217. The second-order valence-corrected chi connectivity index (χ2v) is 6.95. The van der Waals surface area contributed by atoms with Crippen molar-refractivity contribution in [3.05, 3.63) is 90.2 Å². The lowest BCUT2D eigenvalue weighted by molar-refractivity contribution is -0.914. The van der Waals surface area contributed by atoms with Crippen molar-refractivity contribution in [2.45, 2.75) is 6.54 Å². The summed E-state index contributed by atoms with van der Waals surface area (Å²) in [4.78, 5) is 3.96. The number of quaternary nitrogens is 1. The molecule has 132 valence electrons. The Morgan fingerprint density at radius 2 is 1.35 bits per heavy atom. The molecule has 0 saturated carbocycles. The molecular weight excluding hydrogens is 323 g/mol. The van der Waals surface area contributed by atoms with Gasteiger partial charge in [0.2, 0.25) is 0 Å². The number of rotatable bonds is 4. The number of hydrogen-bond donors (Lipinski definition) is 1. The maximum absolute atomic E-state index is 13.1. The maximum Gasteiger partial charge on any atom is 0.123 e. The van der Waals surface area contributed by atoms with E-state index in [-0.39, 0.29) is 5.82 Å². The summed E-state index contributed by atoms with van der Waals surface area (Å²) in [5.41, 5.74) is 5.04. The third kappa shape index (κ3) is 3.94. The molecule has 0 aliphatic carbocycles. The van der Waals surface area contributed by atoms with Gasteiger partial charge in [0.1, 0.15) is 12.4 Å². The lowest BCUT2D eigenvalue weighted by Crippen LogP contribution is -3.13. The van der Waals surface area contributed by atoms with Crippen LogP contribution in [0.15, 0.2) is 78.9 Å². The van der Waals surface area contributed by atoms with Crippen molar-refractivity contribution in [3.63, 3.8) is 0 Å². The van der Waals surface area contributed by atoms with Gasteiger partial charge in [-0.1, -0.05) is 54.6 Å². The number of hydrogen-bond acceptors (Lipinski definition) is 1. The molecule has 0 radical (unpaired) electrons. The van der Waals surface area contributed by atoms with Crippen LogP contribution in [0.25, 0.3) is 11.1 Å². The smallest absolute Gasteiger partial charge is 0.123 e. The van der Waals surface area contributed by atoms with Gasteiger partial charge >= 0.3 is 0 Å². The summed E-state index contributed by atoms with van der Waals surface area (Å²) in [7, 11) is 0. The van der Waals surface area contributed by atoms with Crippen molar-refractivity contribution in [1.29, 1.82) is 0 Å². The van der Waals surface area contributed by atoms with Gasteiger partial charge < -0.3 is 9.80 Å². The largest absolute Gasteiger partial charge is 0.360 e. The molecule has 1 saturated heterocycles. The van der Waals surface area contributed by atoms with Crippen LogP contribution in [0, 0.1) is 5.82 Å². The Bertz CT molecular complexity index is 820. The van der Waals surface area contributed by atoms with E-state index < -0.39 is 0 Å². The van der Waals surface area contributed by atoms with E-state index in [2.05, 4.69) is 53.4 Å². The fourth-order valence-electron chi connectivity index (χ4n) is 3.64. The standard InChI is InChI=1S/C23H23FN2/c24-22-10-12-23(13-11-22)26-16-14-25(15-17-26)18-19-6-8-21(9-7-19)20-4-2-1-3-5-20/h1-13H,14-18H2/p+1. The zero-order valence-corrected chi connectivity index (χ0v) is 14.9. The van der Waals surface area contributed by atoms with Gasteiger partial charge in [-0.05, 0) is 35.4 Å². The van der Waals surface area contributed by atoms with Crippen LogP contribution in [0.4, 0.5) is 10.1 Å². The van der Waals surface area contributed by atoms with E-state index >= 15 is 0 Å². The van der Waals surface area contributed by atoms with Crippen LogP contribution in [0.5, 0.6) is 0 Å². The van der Waals surface area contributed by atoms with E-state index in [1.165, 1.54) is 16.7 Å². The normalized spacial score (nSPS) is 15.2. The average Bonchev–Trinajstić information content (AvgIpc) is 2.71. The quantitative estimate of drug-likeness (QED) is 0.760. The highest BCUT2D eigenvalue weighted by Crippen LogP contribution is 2.19. The zero-order chi connectivity index (χ0) is 17.8. The van der Waals surface area contributed by atoms with Crippen LogP contribution in [0.1, 0.15) is 5.56 Å². The molecule has 1 aliphatic rings. The molecule has 0 unspecified atom stereocenters. The number of benzene rings is 3. The Morgan fingerprint density at radius 1 is 0.731 bits per heavy atom. The number of piperazine rings is 1. The molecule has 0 atom stereocenters. The molecule has 0 bridgehead atoms. The van der Waals surface area contributed by atoms with Crippen LogP contribution in [0.2, 0.25) is 0 Å². The van der Waals surface area contributed by atoms with Gasteiger partial charge in [0.25, 0.3) is 0 Å². The second-order valence-electron chi connectivity index (χ2n) is 6.95. The maximum atomic E-state index is 13.1. The number of nitrogens with one attached hydrogen (secondary N) is 1. The van der Waals surface area contributed by atoms with Gasteiger partial charge in [0.05, 0.1) is 26.2 Å². The zero-order valence-electron chi connectivity index (χ0n) is 14.9. The highest BCUT2D eigenvalue weighted by atomic mass is 19.1. The van der Waals surface area contributed by atoms with Crippen molar-refractivity contribution in [2.24, 2.45) is 0 Å². The molecule has 3 aromatic rings. The minimum absolute atomic E-state index is 0.169. The van der Waals surface area contributed by atoms with Crippen molar-refractivity contribution in [1.82, 2.24) is 0 Å². The van der Waals surface area contributed by atoms with E-state index in [1.807, 2.05) is 18.2 Å². The number of nitrogens with zero attached hydrogens (tertiary/aromatic N) is 1. The van der Waals surface area contributed by atoms with Crippen LogP contribution >= 0.6 is 0 Å².